The van der Waals surface area contributed by atoms with E-state index in [-0.39, 0.29) is 37.5 Å². The highest BCUT2D eigenvalue weighted by atomic mass is 16.6. The Kier molecular flexibility index (Phi) is 55.3. The normalized spacial score (nSPS) is 12.4. The van der Waals surface area contributed by atoms with E-state index in [4.69, 9.17) is 14.2 Å². The first-order valence-electron chi connectivity index (χ1n) is 29.8. The lowest BCUT2D eigenvalue weighted by atomic mass is 10.0. The van der Waals surface area contributed by atoms with Crippen LogP contribution in [0, 0.1) is 0 Å². The Labute approximate surface area is 428 Å². The average Bonchev–Trinajstić information content (AvgIpc) is 3.35. The molecule has 0 saturated heterocycles. The second kappa shape index (κ2) is 57.7. The molecule has 0 radical (unpaired) electrons. The van der Waals surface area contributed by atoms with Crippen molar-refractivity contribution in [2.24, 2.45) is 0 Å². The van der Waals surface area contributed by atoms with Gasteiger partial charge >= 0.3 is 17.9 Å². The van der Waals surface area contributed by atoms with Crippen molar-refractivity contribution in [3.8, 4) is 0 Å². The fourth-order valence-electron chi connectivity index (χ4n) is 8.55. The number of carbonyl (C=O) groups excluding carboxylic acids is 3. The predicted octanol–water partition coefficient (Wildman–Crippen LogP) is 20.0. The van der Waals surface area contributed by atoms with Crippen molar-refractivity contribution >= 4 is 17.9 Å². The van der Waals surface area contributed by atoms with Crippen molar-refractivity contribution in [3.05, 3.63) is 60.8 Å². The number of hydrogen-bond donors (Lipinski definition) is 0. The van der Waals surface area contributed by atoms with E-state index in [9.17, 15) is 14.4 Å². The van der Waals surface area contributed by atoms with Gasteiger partial charge in [-0.15, -0.1) is 0 Å². The zero-order valence-corrected chi connectivity index (χ0v) is 45.8. The maximum absolute atomic E-state index is 12.8. The zero-order valence-electron chi connectivity index (χ0n) is 45.8. The van der Waals surface area contributed by atoms with Crippen LogP contribution in [0.25, 0.3) is 0 Å². The lowest BCUT2D eigenvalue weighted by Gasteiger charge is -2.18. The van der Waals surface area contributed by atoms with E-state index >= 15 is 0 Å². The Morgan fingerprint density at radius 3 is 0.928 bits per heavy atom. The van der Waals surface area contributed by atoms with Crippen molar-refractivity contribution in [2.45, 2.75) is 309 Å². The van der Waals surface area contributed by atoms with E-state index in [1.165, 1.54) is 180 Å². The van der Waals surface area contributed by atoms with Gasteiger partial charge in [-0.05, 0) is 83.5 Å². The smallest absolute Gasteiger partial charge is 0.306 e. The maximum Gasteiger partial charge on any atom is 0.306 e. The van der Waals surface area contributed by atoms with E-state index in [1.807, 2.05) is 0 Å². The minimum absolute atomic E-state index is 0.0886. The minimum Gasteiger partial charge on any atom is -0.462 e. The quantitative estimate of drug-likeness (QED) is 0.0262. The summed E-state index contributed by atoms with van der Waals surface area (Å²) < 4.78 is 16.9. The summed E-state index contributed by atoms with van der Waals surface area (Å²) in [5.74, 6) is -0.918. The minimum atomic E-state index is -0.795. The summed E-state index contributed by atoms with van der Waals surface area (Å²) in [5.41, 5.74) is 0. The van der Waals surface area contributed by atoms with Crippen LogP contribution >= 0.6 is 0 Å². The summed E-state index contributed by atoms with van der Waals surface area (Å²) in [4.78, 5) is 38.2. The van der Waals surface area contributed by atoms with Crippen LogP contribution in [0.15, 0.2) is 60.8 Å². The van der Waals surface area contributed by atoms with Gasteiger partial charge < -0.3 is 14.2 Å². The van der Waals surface area contributed by atoms with Crippen molar-refractivity contribution < 1.29 is 28.6 Å². The van der Waals surface area contributed by atoms with Gasteiger partial charge in [0.05, 0.1) is 0 Å². The molecule has 0 amide bonds. The standard InChI is InChI=1S/C63H112O6/c1-4-7-10-13-16-19-22-25-28-30-31-33-36-38-41-44-47-50-53-56-62(65)68-59-60(69-63(66)57-54-51-48-45-42-39-34-27-24-21-18-15-12-9-6-3)58-67-61(64)55-52-49-46-43-40-37-35-32-29-26-23-20-17-14-11-8-5-2/h9,12,18,21,25,27-28,34,42,45,60H,4-8,10-11,13-17,19-20,22-24,26,29-33,35-41,43-44,46-59H2,1-3H3/b12-9-,21-18-,28-25-,34-27-,45-42-/t60-/m0/s1. The van der Waals surface area contributed by atoms with Crippen LogP contribution < -0.4 is 0 Å². The van der Waals surface area contributed by atoms with E-state index in [0.29, 0.717) is 19.3 Å². The van der Waals surface area contributed by atoms with Gasteiger partial charge in [-0.2, -0.15) is 0 Å². The molecule has 1 atom stereocenters. The van der Waals surface area contributed by atoms with Gasteiger partial charge in [0, 0.05) is 19.3 Å². The molecular formula is C63H112O6. The summed E-state index contributed by atoms with van der Waals surface area (Å²) >= 11 is 0. The molecule has 6 heteroatoms. The molecule has 0 spiro atoms. The molecule has 0 fully saturated rings. The molecular weight excluding hydrogens is 853 g/mol. The third kappa shape index (κ3) is 55.9. The molecule has 69 heavy (non-hydrogen) atoms. The van der Waals surface area contributed by atoms with Crippen molar-refractivity contribution in [2.75, 3.05) is 13.2 Å². The third-order valence-electron chi connectivity index (χ3n) is 13.0. The molecule has 0 unspecified atom stereocenters. The fourth-order valence-corrected chi connectivity index (χ4v) is 8.55. The average molecular weight is 966 g/mol. The zero-order chi connectivity index (χ0) is 50.0. The molecule has 0 saturated carbocycles. The molecule has 0 aliphatic heterocycles. The lowest BCUT2D eigenvalue weighted by molar-refractivity contribution is -0.167. The molecule has 0 aromatic rings. The summed E-state index contributed by atoms with van der Waals surface area (Å²) in [6, 6.07) is 0. The van der Waals surface area contributed by atoms with E-state index in [1.54, 1.807) is 0 Å². The van der Waals surface area contributed by atoms with Gasteiger partial charge in [0.25, 0.3) is 0 Å². The Morgan fingerprint density at radius 1 is 0.304 bits per heavy atom. The second-order valence-corrected chi connectivity index (χ2v) is 19.9. The number of hydrogen-bond acceptors (Lipinski definition) is 6. The summed E-state index contributed by atoms with van der Waals surface area (Å²) in [6.45, 7) is 6.52. The van der Waals surface area contributed by atoms with E-state index < -0.39 is 6.10 Å². The fraction of sp³-hybridized carbons (Fsp3) is 0.794. The lowest BCUT2D eigenvalue weighted by Crippen LogP contribution is -2.30. The molecule has 0 aromatic carbocycles. The molecule has 0 heterocycles. The highest BCUT2D eigenvalue weighted by Crippen LogP contribution is 2.16. The van der Waals surface area contributed by atoms with Crippen LogP contribution in [-0.4, -0.2) is 37.2 Å². The molecule has 0 aliphatic rings. The summed E-state index contributed by atoms with van der Waals surface area (Å²) in [5, 5.41) is 0. The molecule has 6 nitrogen and oxygen atoms in total. The number of esters is 3. The van der Waals surface area contributed by atoms with Gasteiger partial charge in [-0.3, -0.25) is 14.4 Å². The van der Waals surface area contributed by atoms with Gasteiger partial charge in [0.1, 0.15) is 13.2 Å². The monoisotopic (exact) mass is 965 g/mol. The van der Waals surface area contributed by atoms with Gasteiger partial charge in [0.15, 0.2) is 6.10 Å². The van der Waals surface area contributed by atoms with Gasteiger partial charge in [-0.1, -0.05) is 261 Å². The van der Waals surface area contributed by atoms with Crippen LogP contribution in [0.3, 0.4) is 0 Å². The molecule has 400 valence electrons. The maximum atomic E-state index is 12.8. The first-order chi connectivity index (χ1) is 34.0. The van der Waals surface area contributed by atoms with Crippen molar-refractivity contribution in [1.82, 2.24) is 0 Å². The SMILES string of the molecule is CC/C=C\C/C=C\C/C=C\C/C=C\CCCCC(=O)O[C@H](COC(=O)CCCCCCCCCCC/C=C\CCCCCCCC)COC(=O)CCCCCCCCCCCCCCCCCCC. The van der Waals surface area contributed by atoms with Gasteiger partial charge in [-0.25, -0.2) is 0 Å². The van der Waals surface area contributed by atoms with Crippen LogP contribution in [-0.2, 0) is 28.6 Å². The van der Waals surface area contributed by atoms with Crippen LogP contribution in [0.4, 0.5) is 0 Å². The molecule has 0 aromatic heterocycles. The van der Waals surface area contributed by atoms with Crippen LogP contribution in [0.5, 0.6) is 0 Å². The van der Waals surface area contributed by atoms with Crippen molar-refractivity contribution in [3.63, 3.8) is 0 Å². The molecule has 0 bridgehead atoms. The Bertz CT molecular complexity index is 1250. The number of unbranched alkanes of at least 4 members (excludes halogenated alkanes) is 33. The topological polar surface area (TPSA) is 78.9 Å². The largest absolute Gasteiger partial charge is 0.462 e. The summed E-state index contributed by atoms with van der Waals surface area (Å²) in [7, 11) is 0. The predicted molar refractivity (Wildman–Crippen MR) is 298 cm³/mol. The second-order valence-electron chi connectivity index (χ2n) is 19.9. The number of ether oxygens (including phenoxy) is 3. The Morgan fingerprint density at radius 2 is 0.565 bits per heavy atom. The Balaban J connectivity index is 4.38. The number of carbonyl (C=O) groups is 3. The first kappa shape index (κ1) is 66.1. The highest BCUT2D eigenvalue weighted by molar-refractivity contribution is 5.71. The Hall–Kier alpha value is -2.89. The van der Waals surface area contributed by atoms with Crippen LogP contribution in [0.2, 0.25) is 0 Å². The third-order valence-corrected chi connectivity index (χ3v) is 13.0. The number of allylic oxidation sites excluding steroid dienone is 10. The summed E-state index contributed by atoms with van der Waals surface area (Å²) in [6.07, 6.45) is 72.2. The molecule has 0 N–H and O–H groups in total. The first-order valence-corrected chi connectivity index (χ1v) is 29.8. The van der Waals surface area contributed by atoms with Gasteiger partial charge in [0.2, 0.25) is 0 Å². The van der Waals surface area contributed by atoms with Crippen molar-refractivity contribution in [1.29, 1.82) is 0 Å². The highest BCUT2D eigenvalue weighted by Gasteiger charge is 2.19. The molecule has 0 rings (SSSR count). The number of rotatable bonds is 54. The van der Waals surface area contributed by atoms with Crippen LogP contribution in [0.1, 0.15) is 303 Å². The molecule has 0 aliphatic carbocycles. The van der Waals surface area contributed by atoms with E-state index in [0.717, 1.165) is 77.0 Å². The van der Waals surface area contributed by atoms with E-state index in [2.05, 4.69) is 81.5 Å².